The van der Waals surface area contributed by atoms with Crippen molar-refractivity contribution in [3.63, 3.8) is 0 Å². The smallest absolute Gasteiger partial charge is 0.302 e. The average Bonchev–Trinajstić information content (AvgIpc) is 3.18. The molecule has 0 aliphatic carbocycles. The number of hydrogen-bond donors (Lipinski definition) is 0. The number of fused-ring (bicyclic) bond motifs is 1. The summed E-state index contributed by atoms with van der Waals surface area (Å²) in [6.07, 6.45) is 4.32. The molecule has 0 atom stereocenters. The first-order valence-electron chi connectivity index (χ1n) is 8.04. The number of thiazole rings is 1. The third-order valence-electron chi connectivity index (χ3n) is 3.88. The lowest BCUT2D eigenvalue weighted by Crippen LogP contribution is -2.28. The van der Waals surface area contributed by atoms with E-state index >= 15 is 0 Å². The summed E-state index contributed by atoms with van der Waals surface area (Å²) < 4.78 is 8.51. The third-order valence-corrected chi connectivity index (χ3v) is 6.23. The van der Waals surface area contributed by atoms with E-state index in [2.05, 4.69) is 65.1 Å². The van der Waals surface area contributed by atoms with Crippen LogP contribution in [0, 0.1) is 0 Å². The van der Waals surface area contributed by atoms with Gasteiger partial charge in [-0.15, -0.1) is 11.3 Å². The molecule has 25 heavy (non-hydrogen) atoms. The van der Waals surface area contributed by atoms with Crippen molar-refractivity contribution >= 4 is 56.0 Å². The number of thiophene rings is 1. The van der Waals surface area contributed by atoms with E-state index in [1.165, 1.54) is 27.0 Å². The second-order valence-corrected chi connectivity index (χ2v) is 7.89. The van der Waals surface area contributed by atoms with Crippen LogP contribution < -0.4 is 9.47 Å². The lowest BCUT2D eigenvalue weighted by molar-refractivity contribution is -0.642. The number of para-hydroxylation sites is 1. The number of esters is 1. The van der Waals surface area contributed by atoms with E-state index in [1.807, 2.05) is 7.05 Å². The van der Waals surface area contributed by atoms with E-state index in [4.69, 9.17) is 4.74 Å². The van der Waals surface area contributed by atoms with Crippen molar-refractivity contribution in [2.75, 3.05) is 25.1 Å². The van der Waals surface area contributed by atoms with E-state index in [0.717, 1.165) is 5.00 Å². The summed E-state index contributed by atoms with van der Waals surface area (Å²) in [6, 6.07) is 12.7. The first kappa shape index (κ1) is 17.6. The summed E-state index contributed by atoms with van der Waals surface area (Å²) in [4.78, 5) is 14.1. The molecule has 4 nitrogen and oxygen atoms in total. The summed E-state index contributed by atoms with van der Waals surface area (Å²) in [5.74, 6) is -0.237. The minimum Gasteiger partial charge on any atom is -0.464 e. The zero-order chi connectivity index (χ0) is 17.8. The molecule has 2 aromatic heterocycles. The van der Waals surface area contributed by atoms with Crippen molar-refractivity contribution in [2.45, 2.75) is 6.92 Å². The van der Waals surface area contributed by atoms with Crippen LogP contribution in [-0.2, 0) is 16.6 Å². The SMILES string of the molecule is CC(=O)OCCN(C)c1ccc(/C=C/c2sc3ccccc3[n+]2C)s1. The molecule has 0 saturated heterocycles. The van der Waals surface area contributed by atoms with Crippen molar-refractivity contribution < 1.29 is 14.1 Å². The topological polar surface area (TPSA) is 33.4 Å². The zero-order valence-electron chi connectivity index (χ0n) is 14.6. The second kappa shape index (κ2) is 7.80. The van der Waals surface area contributed by atoms with Gasteiger partial charge in [0.1, 0.15) is 18.4 Å². The second-order valence-electron chi connectivity index (χ2n) is 5.74. The van der Waals surface area contributed by atoms with Gasteiger partial charge < -0.3 is 9.64 Å². The molecular formula is C19H21N2O2S2+. The van der Waals surface area contributed by atoms with Gasteiger partial charge in [0.05, 0.1) is 11.5 Å². The number of anilines is 1. The Morgan fingerprint density at radius 1 is 1.20 bits per heavy atom. The van der Waals surface area contributed by atoms with Crippen molar-refractivity contribution in [3.8, 4) is 0 Å². The average molecular weight is 374 g/mol. The molecule has 0 fully saturated rings. The Bertz CT molecular complexity index is 911. The van der Waals surface area contributed by atoms with Gasteiger partial charge in [-0.25, -0.2) is 0 Å². The Kier molecular flexibility index (Phi) is 5.50. The van der Waals surface area contributed by atoms with Gasteiger partial charge in [-0.2, -0.15) is 4.57 Å². The van der Waals surface area contributed by atoms with Crippen molar-refractivity contribution in [1.82, 2.24) is 0 Å². The Balaban J connectivity index is 1.68. The molecule has 1 aromatic carbocycles. The van der Waals surface area contributed by atoms with Gasteiger partial charge in [0.15, 0.2) is 0 Å². The molecule has 0 bridgehead atoms. The van der Waals surface area contributed by atoms with Gasteiger partial charge in [0.2, 0.25) is 5.52 Å². The van der Waals surface area contributed by atoms with E-state index in [9.17, 15) is 4.79 Å². The van der Waals surface area contributed by atoms with Crippen LogP contribution in [0.5, 0.6) is 0 Å². The Morgan fingerprint density at radius 2 is 2.00 bits per heavy atom. The van der Waals surface area contributed by atoms with Crippen LogP contribution in [0.4, 0.5) is 5.00 Å². The normalized spacial score (nSPS) is 11.3. The maximum absolute atomic E-state index is 10.8. The van der Waals surface area contributed by atoms with Crippen LogP contribution in [0.25, 0.3) is 22.4 Å². The first-order valence-corrected chi connectivity index (χ1v) is 9.68. The van der Waals surface area contributed by atoms with Gasteiger partial charge >= 0.3 is 5.97 Å². The minimum absolute atomic E-state index is 0.237. The highest BCUT2D eigenvalue weighted by Gasteiger charge is 2.13. The maximum Gasteiger partial charge on any atom is 0.302 e. The molecule has 3 rings (SSSR count). The number of nitrogens with zero attached hydrogens (tertiary/aromatic N) is 2. The molecule has 0 aliphatic heterocycles. The Labute approximate surface area is 155 Å². The number of rotatable bonds is 6. The number of carbonyl (C=O) groups is 1. The van der Waals surface area contributed by atoms with E-state index < -0.39 is 0 Å². The summed E-state index contributed by atoms with van der Waals surface area (Å²) in [7, 11) is 4.11. The lowest BCUT2D eigenvalue weighted by atomic mass is 10.3. The van der Waals surface area contributed by atoms with E-state index in [0.29, 0.717) is 13.2 Å². The molecule has 2 heterocycles. The molecule has 0 amide bonds. The fourth-order valence-corrected chi connectivity index (χ4v) is 4.44. The fourth-order valence-electron chi connectivity index (χ4n) is 2.49. The molecule has 0 spiro atoms. The summed E-state index contributed by atoms with van der Waals surface area (Å²) in [5, 5.41) is 2.38. The summed E-state index contributed by atoms with van der Waals surface area (Å²) in [5.41, 5.74) is 1.25. The molecule has 3 aromatic rings. The number of likely N-dealkylation sites (N-methyl/N-ethyl adjacent to an activating group) is 1. The van der Waals surface area contributed by atoms with E-state index in [1.54, 1.807) is 22.7 Å². The largest absolute Gasteiger partial charge is 0.464 e. The standard InChI is InChI=1S/C19H21N2O2S2/c1-14(22)23-13-12-20(2)18-10-8-15(24-18)9-11-19-21(3)16-6-4-5-7-17(16)25-19/h4-11H,12-13H2,1-3H3/q+1. The number of ether oxygens (including phenoxy) is 1. The van der Waals surface area contributed by atoms with Crippen LogP contribution in [0.2, 0.25) is 0 Å². The van der Waals surface area contributed by atoms with Crippen LogP contribution in [0.15, 0.2) is 36.4 Å². The number of carbonyl (C=O) groups excluding carboxylic acids is 1. The Morgan fingerprint density at radius 3 is 2.76 bits per heavy atom. The van der Waals surface area contributed by atoms with Gasteiger partial charge in [-0.3, -0.25) is 4.79 Å². The molecule has 6 heteroatoms. The first-order chi connectivity index (χ1) is 12.0. The molecule has 130 valence electrons. The quantitative estimate of drug-likeness (QED) is 0.484. The van der Waals surface area contributed by atoms with E-state index in [-0.39, 0.29) is 5.97 Å². The summed E-state index contributed by atoms with van der Waals surface area (Å²) in [6.45, 7) is 2.53. The van der Waals surface area contributed by atoms with Gasteiger partial charge in [-0.05, 0) is 24.3 Å². The molecule has 0 radical (unpaired) electrons. The maximum atomic E-state index is 10.8. The number of benzene rings is 1. The third kappa shape index (κ3) is 4.27. The number of aromatic nitrogens is 1. The molecular weight excluding hydrogens is 352 g/mol. The predicted octanol–water partition coefficient (Wildman–Crippen LogP) is 3.96. The van der Waals surface area contributed by atoms with Gasteiger partial charge in [0, 0.05) is 31.0 Å². The number of hydrogen-bond acceptors (Lipinski definition) is 5. The molecule has 0 unspecified atom stereocenters. The van der Waals surface area contributed by atoms with Crippen LogP contribution >= 0.6 is 22.7 Å². The van der Waals surface area contributed by atoms with Crippen molar-refractivity contribution in [2.24, 2.45) is 7.05 Å². The minimum atomic E-state index is -0.237. The van der Waals surface area contributed by atoms with Gasteiger partial charge in [0.25, 0.3) is 5.01 Å². The Hall–Kier alpha value is -2.18. The highest BCUT2D eigenvalue weighted by atomic mass is 32.1. The molecule has 0 N–H and O–H groups in total. The van der Waals surface area contributed by atoms with Crippen LogP contribution in [0.3, 0.4) is 0 Å². The van der Waals surface area contributed by atoms with Crippen LogP contribution in [0.1, 0.15) is 16.8 Å². The molecule has 0 saturated carbocycles. The molecule has 0 aliphatic rings. The lowest BCUT2D eigenvalue weighted by Gasteiger charge is -2.16. The van der Waals surface area contributed by atoms with Crippen LogP contribution in [-0.4, -0.2) is 26.2 Å². The summed E-state index contributed by atoms with van der Waals surface area (Å²) >= 11 is 3.52. The highest BCUT2D eigenvalue weighted by Crippen LogP contribution is 2.27. The van der Waals surface area contributed by atoms with Crippen molar-refractivity contribution in [1.29, 1.82) is 0 Å². The predicted molar refractivity (Wildman–Crippen MR) is 106 cm³/mol. The number of aryl methyl sites for hydroxylation is 1. The van der Waals surface area contributed by atoms with Crippen molar-refractivity contribution in [3.05, 3.63) is 46.3 Å². The highest BCUT2D eigenvalue weighted by molar-refractivity contribution is 7.19. The zero-order valence-corrected chi connectivity index (χ0v) is 16.2. The van der Waals surface area contributed by atoms with Gasteiger partial charge in [-0.1, -0.05) is 23.5 Å². The fraction of sp³-hybridized carbons (Fsp3) is 0.263. The monoisotopic (exact) mass is 373 g/mol.